The van der Waals surface area contributed by atoms with E-state index in [2.05, 4.69) is 36.6 Å². The second-order valence-electron chi connectivity index (χ2n) is 5.87. The van der Waals surface area contributed by atoms with Crippen LogP contribution in [0.4, 0.5) is 0 Å². The Labute approximate surface area is 142 Å². The first kappa shape index (κ1) is 15.6. The van der Waals surface area contributed by atoms with Gasteiger partial charge in [-0.2, -0.15) is 10.5 Å². The molecule has 116 valence electrons. The third kappa shape index (κ3) is 2.93. The third-order valence-electron chi connectivity index (χ3n) is 4.32. The molecule has 0 saturated heterocycles. The van der Waals surface area contributed by atoms with Crippen LogP contribution < -0.4 is 0 Å². The number of nitriles is 2. The van der Waals surface area contributed by atoms with Gasteiger partial charge in [0, 0.05) is 23.5 Å². The molecule has 0 N–H and O–H groups in total. The molecule has 0 spiro atoms. The maximum Gasteiger partial charge on any atom is 0.0991 e. The summed E-state index contributed by atoms with van der Waals surface area (Å²) in [5.41, 5.74) is 7.21. The summed E-state index contributed by atoms with van der Waals surface area (Å²) >= 11 is 0. The summed E-state index contributed by atoms with van der Waals surface area (Å²) in [6, 6.07) is 21.9. The van der Waals surface area contributed by atoms with Gasteiger partial charge >= 0.3 is 0 Å². The van der Waals surface area contributed by atoms with Crippen molar-refractivity contribution in [3.05, 3.63) is 82.7 Å². The minimum absolute atomic E-state index is 0.671. The van der Waals surface area contributed by atoms with E-state index >= 15 is 0 Å². The van der Waals surface area contributed by atoms with Gasteiger partial charge in [0.05, 0.1) is 23.3 Å². The molecule has 3 aromatic rings. The van der Waals surface area contributed by atoms with E-state index in [0.717, 1.165) is 12.1 Å². The topological polar surface area (TPSA) is 52.5 Å². The molecule has 3 rings (SSSR count). The lowest BCUT2D eigenvalue weighted by Gasteiger charge is -2.10. The number of nitrogens with zero attached hydrogens (tertiary/aromatic N) is 3. The van der Waals surface area contributed by atoms with Crippen LogP contribution in [0.1, 0.15) is 28.1 Å². The molecule has 0 radical (unpaired) electrons. The van der Waals surface area contributed by atoms with Crippen LogP contribution in [0.15, 0.2) is 54.6 Å². The van der Waals surface area contributed by atoms with Gasteiger partial charge in [0.1, 0.15) is 0 Å². The Kier molecular flexibility index (Phi) is 4.18. The molecule has 1 aromatic heterocycles. The van der Waals surface area contributed by atoms with Gasteiger partial charge in [-0.1, -0.05) is 24.3 Å². The zero-order valence-corrected chi connectivity index (χ0v) is 13.7. The van der Waals surface area contributed by atoms with Crippen molar-refractivity contribution in [1.82, 2.24) is 4.57 Å². The van der Waals surface area contributed by atoms with Crippen molar-refractivity contribution in [2.24, 2.45) is 0 Å². The van der Waals surface area contributed by atoms with Gasteiger partial charge in [0.15, 0.2) is 0 Å². The lowest BCUT2D eigenvalue weighted by atomic mass is 10.0. The van der Waals surface area contributed by atoms with E-state index in [1.54, 1.807) is 0 Å². The van der Waals surface area contributed by atoms with E-state index in [-0.39, 0.29) is 0 Å². The van der Waals surface area contributed by atoms with Gasteiger partial charge in [-0.15, -0.1) is 0 Å². The van der Waals surface area contributed by atoms with E-state index in [4.69, 9.17) is 10.5 Å². The number of aryl methyl sites for hydroxylation is 1. The summed E-state index contributed by atoms with van der Waals surface area (Å²) < 4.78 is 2.27. The highest BCUT2D eigenvalue weighted by Gasteiger charge is 2.11. The van der Waals surface area contributed by atoms with Crippen LogP contribution in [-0.2, 0) is 6.54 Å². The highest BCUT2D eigenvalue weighted by Crippen LogP contribution is 2.27. The molecule has 0 bridgehead atoms. The Bertz CT molecular complexity index is 947. The van der Waals surface area contributed by atoms with Crippen LogP contribution in [0.25, 0.3) is 11.1 Å². The standard InChI is InChI=1S/C21H17N3/c1-15-11-21(20-9-7-18(13-23)8-10-20)16(2)24(15)14-19-5-3-17(12-22)4-6-19/h3-11H,14H2,1-2H3. The van der Waals surface area contributed by atoms with Crippen molar-refractivity contribution in [3.63, 3.8) is 0 Å². The Balaban J connectivity index is 1.93. The van der Waals surface area contributed by atoms with Crippen molar-refractivity contribution in [1.29, 1.82) is 10.5 Å². The first-order valence-electron chi connectivity index (χ1n) is 7.78. The fraction of sp³-hybridized carbons (Fsp3) is 0.143. The molecule has 0 aliphatic heterocycles. The quantitative estimate of drug-likeness (QED) is 0.711. The summed E-state index contributed by atoms with van der Waals surface area (Å²) in [5.74, 6) is 0. The minimum atomic E-state index is 0.671. The number of hydrogen-bond acceptors (Lipinski definition) is 2. The highest BCUT2D eigenvalue weighted by molar-refractivity contribution is 5.68. The predicted molar refractivity (Wildman–Crippen MR) is 94.3 cm³/mol. The van der Waals surface area contributed by atoms with E-state index < -0.39 is 0 Å². The fourth-order valence-corrected chi connectivity index (χ4v) is 2.93. The summed E-state index contributed by atoms with van der Waals surface area (Å²) in [6.07, 6.45) is 0. The van der Waals surface area contributed by atoms with E-state index in [9.17, 15) is 0 Å². The second kappa shape index (κ2) is 6.44. The minimum Gasteiger partial charge on any atom is -0.344 e. The Morgan fingerprint density at radius 2 is 1.38 bits per heavy atom. The molecule has 24 heavy (non-hydrogen) atoms. The number of benzene rings is 2. The average Bonchev–Trinajstić information content (AvgIpc) is 2.90. The van der Waals surface area contributed by atoms with Gasteiger partial charge < -0.3 is 4.57 Å². The van der Waals surface area contributed by atoms with Crippen LogP contribution in [0.5, 0.6) is 0 Å². The molecule has 3 nitrogen and oxygen atoms in total. The van der Waals surface area contributed by atoms with Crippen LogP contribution in [0.3, 0.4) is 0 Å². The van der Waals surface area contributed by atoms with Gasteiger partial charge in [-0.25, -0.2) is 0 Å². The second-order valence-corrected chi connectivity index (χ2v) is 5.87. The lowest BCUT2D eigenvalue weighted by Crippen LogP contribution is -2.03. The molecule has 2 aromatic carbocycles. The number of hydrogen-bond donors (Lipinski definition) is 0. The predicted octanol–water partition coefficient (Wildman–Crippen LogP) is 4.56. The van der Waals surface area contributed by atoms with Crippen LogP contribution >= 0.6 is 0 Å². The monoisotopic (exact) mass is 311 g/mol. The number of aromatic nitrogens is 1. The average molecular weight is 311 g/mol. The van der Waals surface area contributed by atoms with Gasteiger partial charge in [-0.3, -0.25) is 0 Å². The maximum absolute atomic E-state index is 8.93. The molecule has 0 atom stereocenters. The number of rotatable bonds is 3. The van der Waals surface area contributed by atoms with Crippen LogP contribution in [-0.4, -0.2) is 4.57 Å². The smallest absolute Gasteiger partial charge is 0.0991 e. The van der Waals surface area contributed by atoms with Crippen molar-refractivity contribution in [3.8, 4) is 23.3 Å². The van der Waals surface area contributed by atoms with E-state index in [0.29, 0.717) is 11.1 Å². The largest absolute Gasteiger partial charge is 0.344 e. The summed E-state index contributed by atoms with van der Waals surface area (Å²) in [6.45, 7) is 4.99. The molecular weight excluding hydrogens is 294 g/mol. The third-order valence-corrected chi connectivity index (χ3v) is 4.32. The SMILES string of the molecule is Cc1cc(-c2ccc(C#N)cc2)c(C)n1Cc1ccc(C#N)cc1. The Morgan fingerprint density at radius 1 is 0.833 bits per heavy atom. The van der Waals surface area contributed by atoms with Crippen LogP contribution in [0, 0.1) is 36.5 Å². The van der Waals surface area contributed by atoms with Crippen molar-refractivity contribution in [2.75, 3.05) is 0 Å². The molecule has 0 aliphatic rings. The fourth-order valence-electron chi connectivity index (χ4n) is 2.93. The van der Waals surface area contributed by atoms with Gasteiger partial charge in [-0.05, 0) is 55.3 Å². The summed E-state index contributed by atoms with van der Waals surface area (Å²) in [5, 5.41) is 17.8. The molecule has 0 unspecified atom stereocenters. The molecule has 3 heteroatoms. The lowest BCUT2D eigenvalue weighted by molar-refractivity contribution is 0.750. The van der Waals surface area contributed by atoms with Gasteiger partial charge in [0.25, 0.3) is 0 Å². The molecule has 0 saturated carbocycles. The Morgan fingerprint density at radius 3 is 1.92 bits per heavy atom. The molecule has 0 aliphatic carbocycles. The maximum atomic E-state index is 8.93. The zero-order valence-electron chi connectivity index (χ0n) is 13.7. The molecule has 1 heterocycles. The van der Waals surface area contributed by atoms with Gasteiger partial charge in [0.2, 0.25) is 0 Å². The van der Waals surface area contributed by atoms with E-state index in [1.165, 1.54) is 22.5 Å². The first-order chi connectivity index (χ1) is 11.6. The van der Waals surface area contributed by atoms with Crippen molar-refractivity contribution < 1.29 is 0 Å². The summed E-state index contributed by atoms with van der Waals surface area (Å²) in [7, 11) is 0. The molecular formula is C21H17N3. The normalized spacial score (nSPS) is 10.2. The van der Waals surface area contributed by atoms with Crippen molar-refractivity contribution in [2.45, 2.75) is 20.4 Å². The highest BCUT2D eigenvalue weighted by atomic mass is 15.0. The molecule has 0 amide bonds. The van der Waals surface area contributed by atoms with Crippen LogP contribution in [0.2, 0.25) is 0 Å². The van der Waals surface area contributed by atoms with E-state index in [1.807, 2.05) is 48.5 Å². The summed E-state index contributed by atoms with van der Waals surface area (Å²) in [4.78, 5) is 0. The zero-order chi connectivity index (χ0) is 17.1. The Hall–Kier alpha value is -3.30. The first-order valence-corrected chi connectivity index (χ1v) is 7.78. The van der Waals surface area contributed by atoms with Crippen molar-refractivity contribution >= 4 is 0 Å². The molecule has 0 fully saturated rings.